The Morgan fingerprint density at radius 3 is 2.42 bits per heavy atom. The maximum absolute atomic E-state index is 5.14. The van der Waals surface area contributed by atoms with Gasteiger partial charge in [-0.05, 0) is 29.9 Å². The van der Waals surface area contributed by atoms with Crippen LogP contribution in [-0.4, -0.2) is 28.8 Å². The standard InChI is InChI=1S/C13H16N2OS3/c1-3-17-12-14-15-13(19-12)18-9-8-10-4-6-11(16-2)7-5-10/h4-7H,3,8-9H2,1-2H3. The summed E-state index contributed by atoms with van der Waals surface area (Å²) >= 11 is 5.20. The second-order valence-electron chi connectivity index (χ2n) is 3.71. The molecule has 2 rings (SSSR count). The third kappa shape index (κ3) is 4.71. The highest BCUT2D eigenvalue weighted by Crippen LogP contribution is 2.28. The van der Waals surface area contributed by atoms with E-state index in [-0.39, 0.29) is 0 Å². The SMILES string of the molecule is CCSc1nnc(SCCc2ccc(OC)cc2)s1. The first-order valence-corrected chi connectivity index (χ1v) is 8.82. The molecule has 0 fully saturated rings. The molecule has 0 aliphatic carbocycles. The fourth-order valence-corrected chi connectivity index (χ4v) is 4.46. The van der Waals surface area contributed by atoms with Crippen LogP contribution in [0.5, 0.6) is 5.75 Å². The fourth-order valence-electron chi connectivity index (χ4n) is 1.49. The maximum atomic E-state index is 5.14. The Bertz CT molecular complexity index is 499. The summed E-state index contributed by atoms with van der Waals surface area (Å²) < 4.78 is 7.27. The van der Waals surface area contributed by atoms with Crippen molar-refractivity contribution >= 4 is 34.9 Å². The quantitative estimate of drug-likeness (QED) is 0.722. The van der Waals surface area contributed by atoms with E-state index in [9.17, 15) is 0 Å². The molecule has 0 N–H and O–H groups in total. The van der Waals surface area contributed by atoms with Gasteiger partial charge < -0.3 is 4.74 Å². The lowest BCUT2D eigenvalue weighted by atomic mass is 10.2. The Labute approximate surface area is 126 Å². The van der Waals surface area contributed by atoms with Gasteiger partial charge in [-0.3, -0.25) is 0 Å². The third-order valence-electron chi connectivity index (χ3n) is 2.43. The molecule has 0 spiro atoms. The summed E-state index contributed by atoms with van der Waals surface area (Å²) in [6.45, 7) is 2.13. The van der Waals surface area contributed by atoms with E-state index < -0.39 is 0 Å². The van der Waals surface area contributed by atoms with Gasteiger partial charge in [-0.2, -0.15) is 0 Å². The summed E-state index contributed by atoms with van der Waals surface area (Å²) in [5.41, 5.74) is 1.32. The van der Waals surface area contributed by atoms with Crippen molar-refractivity contribution < 1.29 is 4.74 Å². The van der Waals surface area contributed by atoms with Crippen molar-refractivity contribution in [2.45, 2.75) is 22.0 Å². The molecule has 2 aromatic rings. The van der Waals surface area contributed by atoms with Crippen LogP contribution in [0.15, 0.2) is 32.9 Å². The van der Waals surface area contributed by atoms with Gasteiger partial charge >= 0.3 is 0 Å². The molecule has 1 aromatic carbocycles. The number of hydrogen-bond acceptors (Lipinski definition) is 6. The van der Waals surface area contributed by atoms with Gasteiger partial charge in [0.15, 0.2) is 8.68 Å². The van der Waals surface area contributed by atoms with Gasteiger partial charge in [-0.1, -0.05) is 53.9 Å². The lowest BCUT2D eigenvalue weighted by Crippen LogP contribution is -1.89. The van der Waals surface area contributed by atoms with Gasteiger partial charge in [0.25, 0.3) is 0 Å². The molecule has 0 saturated carbocycles. The predicted molar refractivity (Wildman–Crippen MR) is 83.7 cm³/mol. The van der Waals surface area contributed by atoms with Crippen LogP contribution >= 0.6 is 34.9 Å². The highest BCUT2D eigenvalue weighted by Gasteiger charge is 2.04. The molecule has 1 heterocycles. The van der Waals surface area contributed by atoms with E-state index in [2.05, 4.69) is 29.3 Å². The molecule has 0 aliphatic heterocycles. The zero-order valence-corrected chi connectivity index (χ0v) is 13.4. The number of thioether (sulfide) groups is 2. The lowest BCUT2D eigenvalue weighted by molar-refractivity contribution is 0.414. The van der Waals surface area contributed by atoms with E-state index in [1.807, 2.05) is 12.1 Å². The molecule has 1 aromatic heterocycles. The van der Waals surface area contributed by atoms with Crippen LogP contribution in [0.25, 0.3) is 0 Å². The van der Waals surface area contributed by atoms with Crippen LogP contribution < -0.4 is 4.74 Å². The number of benzene rings is 1. The van der Waals surface area contributed by atoms with Crippen molar-refractivity contribution in [3.8, 4) is 5.75 Å². The molecule has 19 heavy (non-hydrogen) atoms. The highest BCUT2D eigenvalue weighted by molar-refractivity contribution is 8.03. The average molecular weight is 312 g/mol. The van der Waals surface area contributed by atoms with Crippen molar-refractivity contribution in [1.82, 2.24) is 10.2 Å². The fraction of sp³-hybridized carbons (Fsp3) is 0.385. The van der Waals surface area contributed by atoms with Gasteiger partial charge in [0.05, 0.1) is 7.11 Å². The molecule has 0 saturated heterocycles. The molecule has 6 heteroatoms. The van der Waals surface area contributed by atoms with Crippen molar-refractivity contribution in [1.29, 1.82) is 0 Å². The molecule has 0 amide bonds. The summed E-state index contributed by atoms with van der Waals surface area (Å²) in [6.07, 6.45) is 1.03. The van der Waals surface area contributed by atoms with Crippen LogP contribution in [0.3, 0.4) is 0 Å². The largest absolute Gasteiger partial charge is 0.497 e. The lowest BCUT2D eigenvalue weighted by Gasteiger charge is -2.02. The van der Waals surface area contributed by atoms with E-state index in [0.717, 1.165) is 32.4 Å². The number of aryl methyl sites for hydroxylation is 1. The molecular weight excluding hydrogens is 296 g/mol. The van der Waals surface area contributed by atoms with Crippen LogP contribution in [-0.2, 0) is 6.42 Å². The van der Waals surface area contributed by atoms with Gasteiger partial charge in [-0.15, -0.1) is 10.2 Å². The third-order valence-corrected chi connectivity index (χ3v) is 5.50. The number of ether oxygens (including phenoxy) is 1. The zero-order chi connectivity index (χ0) is 13.5. The smallest absolute Gasteiger partial charge is 0.175 e. The van der Waals surface area contributed by atoms with Crippen molar-refractivity contribution in [3.05, 3.63) is 29.8 Å². The van der Waals surface area contributed by atoms with E-state index >= 15 is 0 Å². The Hall–Kier alpha value is -0.720. The number of hydrogen-bond donors (Lipinski definition) is 0. The minimum Gasteiger partial charge on any atom is -0.497 e. The Kier molecular flexibility index (Phi) is 6.00. The summed E-state index contributed by atoms with van der Waals surface area (Å²) in [7, 11) is 1.69. The molecule has 102 valence electrons. The first-order chi connectivity index (χ1) is 9.31. The summed E-state index contributed by atoms with van der Waals surface area (Å²) in [5, 5.41) is 8.33. The van der Waals surface area contributed by atoms with Gasteiger partial charge in [-0.25, -0.2) is 0 Å². The number of aromatic nitrogens is 2. The van der Waals surface area contributed by atoms with E-state index in [1.165, 1.54) is 5.56 Å². The van der Waals surface area contributed by atoms with Crippen molar-refractivity contribution in [3.63, 3.8) is 0 Å². The van der Waals surface area contributed by atoms with Crippen LogP contribution in [0, 0.1) is 0 Å². The Balaban J connectivity index is 1.78. The molecule has 0 aliphatic rings. The van der Waals surface area contributed by atoms with Crippen LogP contribution in [0.2, 0.25) is 0 Å². The topological polar surface area (TPSA) is 35.0 Å². The molecule has 0 atom stereocenters. The summed E-state index contributed by atoms with van der Waals surface area (Å²) in [4.78, 5) is 0. The van der Waals surface area contributed by atoms with E-state index in [4.69, 9.17) is 4.74 Å². The van der Waals surface area contributed by atoms with Crippen LogP contribution in [0.1, 0.15) is 12.5 Å². The van der Waals surface area contributed by atoms with Crippen molar-refractivity contribution in [2.75, 3.05) is 18.6 Å². The maximum Gasteiger partial charge on any atom is 0.175 e. The predicted octanol–water partition coefficient (Wildman–Crippen LogP) is 3.99. The second kappa shape index (κ2) is 7.77. The minimum absolute atomic E-state index is 0.904. The highest BCUT2D eigenvalue weighted by atomic mass is 32.2. The van der Waals surface area contributed by atoms with E-state index in [1.54, 1.807) is 42.0 Å². The van der Waals surface area contributed by atoms with Gasteiger partial charge in [0, 0.05) is 5.75 Å². The van der Waals surface area contributed by atoms with Gasteiger partial charge in [0.2, 0.25) is 0 Å². The molecule has 0 radical (unpaired) electrons. The van der Waals surface area contributed by atoms with Crippen molar-refractivity contribution in [2.24, 2.45) is 0 Å². The normalized spacial score (nSPS) is 10.6. The summed E-state index contributed by atoms with van der Waals surface area (Å²) in [6, 6.07) is 8.22. The van der Waals surface area contributed by atoms with Gasteiger partial charge in [0.1, 0.15) is 5.75 Å². The average Bonchev–Trinajstić information content (AvgIpc) is 2.88. The second-order valence-corrected chi connectivity index (χ2v) is 7.54. The van der Waals surface area contributed by atoms with Crippen LogP contribution in [0.4, 0.5) is 0 Å². The molecule has 0 unspecified atom stereocenters. The zero-order valence-electron chi connectivity index (χ0n) is 11.0. The molecule has 0 bridgehead atoms. The number of nitrogens with zero attached hydrogens (tertiary/aromatic N) is 2. The monoisotopic (exact) mass is 312 g/mol. The molecular formula is C13H16N2OS3. The first-order valence-electron chi connectivity index (χ1n) is 6.04. The Morgan fingerprint density at radius 2 is 1.79 bits per heavy atom. The Morgan fingerprint density at radius 1 is 1.11 bits per heavy atom. The summed E-state index contributed by atoms with van der Waals surface area (Å²) in [5.74, 6) is 2.98. The molecule has 3 nitrogen and oxygen atoms in total. The van der Waals surface area contributed by atoms with E-state index in [0.29, 0.717) is 0 Å². The number of methoxy groups -OCH3 is 1. The first kappa shape index (κ1) is 14.7. The number of rotatable bonds is 7. The minimum atomic E-state index is 0.904.